The van der Waals surface area contributed by atoms with Crippen molar-refractivity contribution >= 4 is 65.3 Å². The maximum atomic E-state index is 11.7. The summed E-state index contributed by atoms with van der Waals surface area (Å²) >= 11 is 9.21. The number of rotatable bonds is 3. The lowest BCUT2D eigenvalue weighted by Crippen LogP contribution is -2.27. The fourth-order valence-corrected chi connectivity index (χ4v) is 1.29. The van der Waals surface area contributed by atoms with Crippen molar-refractivity contribution in [1.29, 1.82) is 0 Å². The second kappa shape index (κ2) is 5.88. The predicted molar refractivity (Wildman–Crippen MR) is 76.9 cm³/mol. The van der Waals surface area contributed by atoms with Crippen molar-refractivity contribution < 1.29 is 9.59 Å². The van der Waals surface area contributed by atoms with E-state index in [1.807, 2.05) is 0 Å². The number of alkyl halides is 3. The van der Waals surface area contributed by atoms with Gasteiger partial charge in [0.1, 0.15) is 5.82 Å². The number of allylic oxidation sites excluding steroid dienone is 1. The van der Waals surface area contributed by atoms with Gasteiger partial charge in [0.05, 0.1) is 5.56 Å². The Labute approximate surface area is 123 Å². The van der Waals surface area contributed by atoms with Crippen LogP contribution in [0, 0.1) is 0 Å². The highest BCUT2D eigenvalue weighted by Crippen LogP contribution is 2.34. The fourth-order valence-electron chi connectivity index (χ4n) is 0.992. The molecule has 1 aromatic heterocycles. The van der Waals surface area contributed by atoms with Crippen LogP contribution in [-0.2, 0) is 4.79 Å². The van der Waals surface area contributed by atoms with Crippen LogP contribution in [0.25, 0.3) is 0 Å². The maximum absolute atomic E-state index is 11.7. The average Bonchev–Trinajstić information content (AvgIpc) is 2.27. The van der Waals surface area contributed by atoms with E-state index in [1.165, 1.54) is 6.20 Å². The molecule has 0 aliphatic carbocycles. The summed E-state index contributed by atoms with van der Waals surface area (Å²) in [7, 11) is 0. The quantitative estimate of drug-likeness (QED) is 0.458. The van der Waals surface area contributed by atoms with Gasteiger partial charge in [-0.15, -0.1) is 0 Å². The van der Waals surface area contributed by atoms with E-state index in [2.05, 4.69) is 64.7 Å². The van der Waals surface area contributed by atoms with Gasteiger partial charge in [0, 0.05) is 6.20 Å². The number of carbonyl (C=O) groups is 2. The number of nitrogens with zero attached hydrogens (tertiary/aromatic N) is 1. The monoisotopic (exact) mass is 424 g/mol. The third kappa shape index (κ3) is 4.01. The molecular formula is C10H7Br3N2O2. The van der Waals surface area contributed by atoms with Gasteiger partial charge in [0.15, 0.2) is 5.78 Å². The van der Waals surface area contributed by atoms with E-state index in [-0.39, 0.29) is 17.2 Å². The summed E-state index contributed by atoms with van der Waals surface area (Å²) in [6, 6.07) is 3.17. The second-order valence-electron chi connectivity index (χ2n) is 2.92. The standard InChI is InChI=1S/C10H7Br3N2O2/c1-2-7(16)6-4-3-5-14-8(6)15-9(17)10(11,12)13/h2-5H,1H2,(H,14,15,17). The van der Waals surface area contributed by atoms with E-state index < -0.39 is 8.05 Å². The normalized spacial score (nSPS) is 10.8. The molecule has 90 valence electrons. The number of anilines is 1. The van der Waals surface area contributed by atoms with Crippen molar-refractivity contribution in [2.24, 2.45) is 0 Å². The predicted octanol–water partition coefficient (Wildman–Crippen LogP) is 3.23. The molecule has 1 amide bonds. The number of hydrogen-bond donors (Lipinski definition) is 1. The van der Waals surface area contributed by atoms with Crippen molar-refractivity contribution in [3.05, 3.63) is 36.5 Å². The zero-order valence-electron chi connectivity index (χ0n) is 8.41. The molecular weight excluding hydrogens is 420 g/mol. The van der Waals surface area contributed by atoms with Gasteiger partial charge in [-0.25, -0.2) is 4.98 Å². The summed E-state index contributed by atoms with van der Waals surface area (Å²) in [5, 5.41) is 2.51. The first kappa shape index (κ1) is 14.5. The van der Waals surface area contributed by atoms with E-state index in [0.29, 0.717) is 0 Å². The van der Waals surface area contributed by atoms with E-state index >= 15 is 0 Å². The second-order valence-corrected chi connectivity index (χ2v) is 9.68. The molecule has 7 heteroatoms. The van der Waals surface area contributed by atoms with Crippen molar-refractivity contribution in [1.82, 2.24) is 4.98 Å². The van der Waals surface area contributed by atoms with Gasteiger partial charge in [-0.1, -0.05) is 6.58 Å². The highest BCUT2D eigenvalue weighted by atomic mass is 80.0. The van der Waals surface area contributed by atoms with Crippen molar-refractivity contribution in [2.45, 2.75) is 2.14 Å². The summed E-state index contributed by atoms with van der Waals surface area (Å²) in [5.41, 5.74) is 0.285. The molecule has 0 saturated heterocycles. The molecule has 1 N–H and O–H groups in total. The summed E-state index contributed by atoms with van der Waals surface area (Å²) in [6.45, 7) is 3.39. The van der Waals surface area contributed by atoms with Crippen LogP contribution in [0.5, 0.6) is 0 Å². The van der Waals surface area contributed by atoms with E-state index in [4.69, 9.17) is 0 Å². The molecule has 0 unspecified atom stereocenters. The first-order valence-corrected chi connectivity index (χ1v) is 6.74. The summed E-state index contributed by atoms with van der Waals surface area (Å²) in [6.07, 6.45) is 2.64. The molecule has 0 fully saturated rings. The SMILES string of the molecule is C=CC(=O)c1cccnc1NC(=O)C(Br)(Br)Br. The van der Waals surface area contributed by atoms with E-state index in [1.54, 1.807) is 12.1 Å². The molecule has 0 saturated carbocycles. The summed E-state index contributed by atoms with van der Waals surface area (Å²) in [5.74, 6) is -0.558. The highest BCUT2D eigenvalue weighted by Gasteiger charge is 2.29. The van der Waals surface area contributed by atoms with Gasteiger partial charge in [0.2, 0.25) is 2.14 Å². The number of carbonyl (C=O) groups excluding carboxylic acids is 2. The number of aromatic nitrogens is 1. The smallest absolute Gasteiger partial charge is 0.264 e. The molecule has 0 atom stereocenters. The number of nitrogens with one attached hydrogen (secondary N) is 1. The van der Waals surface area contributed by atoms with Gasteiger partial charge in [-0.2, -0.15) is 0 Å². The van der Waals surface area contributed by atoms with Crippen LogP contribution in [0.2, 0.25) is 0 Å². The minimum Gasteiger partial charge on any atom is -0.307 e. The Balaban J connectivity index is 3.03. The molecule has 0 aliphatic rings. The Morgan fingerprint density at radius 3 is 2.59 bits per heavy atom. The van der Waals surface area contributed by atoms with Crippen LogP contribution < -0.4 is 5.32 Å². The van der Waals surface area contributed by atoms with Crippen LogP contribution in [0.3, 0.4) is 0 Å². The largest absolute Gasteiger partial charge is 0.307 e. The summed E-state index contributed by atoms with van der Waals surface area (Å²) in [4.78, 5) is 27.1. The lowest BCUT2D eigenvalue weighted by atomic mass is 10.1. The Kier molecular flexibility index (Phi) is 5.03. The Bertz CT molecular complexity index is 469. The van der Waals surface area contributed by atoms with Crippen LogP contribution in [0.1, 0.15) is 10.4 Å². The third-order valence-electron chi connectivity index (χ3n) is 1.75. The molecule has 0 spiro atoms. The maximum Gasteiger partial charge on any atom is 0.264 e. The number of amides is 1. The molecule has 0 aliphatic heterocycles. The minimum atomic E-state index is -1.10. The van der Waals surface area contributed by atoms with Gasteiger partial charge in [0.25, 0.3) is 5.91 Å². The molecule has 0 aromatic carbocycles. The molecule has 1 aromatic rings. The zero-order chi connectivity index (χ0) is 13.1. The average molecular weight is 427 g/mol. The van der Waals surface area contributed by atoms with Gasteiger partial charge < -0.3 is 5.32 Å². The molecule has 17 heavy (non-hydrogen) atoms. The van der Waals surface area contributed by atoms with Gasteiger partial charge in [-0.3, -0.25) is 9.59 Å². The number of halogens is 3. The topological polar surface area (TPSA) is 59.1 Å². The number of ketones is 1. The first-order chi connectivity index (χ1) is 7.86. The lowest BCUT2D eigenvalue weighted by molar-refractivity contribution is -0.114. The van der Waals surface area contributed by atoms with Crippen molar-refractivity contribution in [3.63, 3.8) is 0 Å². The Morgan fingerprint density at radius 1 is 1.41 bits per heavy atom. The van der Waals surface area contributed by atoms with Crippen LogP contribution in [0.15, 0.2) is 31.0 Å². The third-order valence-corrected chi connectivity index (χ3v) is 2.83. The number of hydrogen-bond acceptors (Lipinski definition) is 3. The molecule has 1 heterocycles. The molecule has 4 nitrogen and oxygen atoms in total. The van der Waals surface area contributed by atoms with Crippen molar-refractivity contribution in [3.8, 4) is 0 Å². The molecule has 0 bridgehead atoms. The highest BCUT2D eigenvalue weighted by molar-refractivity contribution is 9.40. The number of pyridine rings is 1. The Morgan fingerprint density at radius 2 is 2.06 bits per heavy atom. The Hall–Kier alpha value is -0.530. The fraction of sp³-hybridized carbons (Fsp3) is 0.100. The van der Waals surface area contributed by atoms with E-state index in [0.717, 1.165) is 6.08 Å². The van der Waals surface area contributed by atoms with Gasteiger partial charge >= 0.3 is 0 Å². The van der Waals surface area contributed by atoms with Gasteiger partial charge in [-0.05, 0) is 66.0 Å². The minimum absolute atomic E-state index is 0.185. The lowest BCUT2D eigenvalue weighted by Gasteiger charge is -2.13. The van der Waals surface area contributed by atoms with Crippen LogP contribution in [-0.4, -0.2) is 18.8 Å². The van der Waals surface area contributed by atoms with E-state index in [9.17, 15) is 9.59 Å². The van der Waals surface area contributed by atoms with Crippen LogP contribution in [0.4, 0.5) is 5.82 Å². The summed E-state index contributed by atoms with van der Waals surface area (Å²) < 4.78 is -1.10. The zero-order valence-corrected chi connectivity index (χ0v) is 13.2. The molecule has 1 rings (SSSR count). The van der Waals surface area contributed by atoms with Crippen LogP contribution >= 0.6 is 47.8 Å². The molecule has 0 radical (unpaired) electrons. The van der Waals surface area contributed by atoms with Crippen molar-refractivity contribution in [2.75, 3.05) is 5.32 Å². The first-order valence-electron chi connectivity index (χ1n) is 4.36.